The summed E-state index contributed by atoms with van der Waals surface area (Å²) in [4.78, 5) is 40.0. The quantitative estimate of drug-likeness (QED) is 0.452. The summed E-state index contributed by atoms with van der Waals surface area (Å²) in [5.41, 5.74) is -1.26. The van der Waals surface area contributed by atoms with E-state index in [1.54, 1.807) is 18.2 Å². The first-order valence-corrected chi connectivity index (χ1v) is 13.7. The van der Waals surface area contributed by atoms with Crippen molar-refractivity contribution in [1.29, 1.82) is 0 Å². The highest BCUT2D eigenvalue weighted by molar-refractivity contribution is 7.99. The highest BCUT2D eigenvalue weighted by atomic mass is 32.2. The maximum absolute atomic E-state index is 13.2. The number of amides is 2. The second-order valence-corrected chi connectivity index (χ2v) is 12.4. The van der Waals surface area contributed by atoms with Crippen molar-refractivity contribution >= 4 is 50.3 Å². The molecule has 2 aliphatic carbocycles. The Hall–Kier alpha value is -2.27. The van der Waals surface area contributed by atoms with E-state index in [9.17, 15) is 22.8 Å². The number of fused-ring (bicyclic) bond motifs is 2. The van der Waals surface area contributed by atoms with Crippen molar-refractivity contribution in [2.45, 2.75) is 38.0 Å². The van der Waals surface area contributed by atoms with Crippen LogP contribution in [0, 0.1) is 16.7 Å². The fourth-order valence-corrected chi connectivity index (χ4v) is 8.44. The second kappa shape index (κ2) is 7.87. The van der Waals surface area contributed by atoms with Crippen LogP contribution >= 0.6 is 11.8 Å². The van der Waals surface area contributed by atoms with E-state index in [-0.39, 0.29) is 29.4 Å². The topological polar surface area (TPSA) is 118 Å². The Kier molecular flexibility index (Phi) is 5.44. The van der Waals surface area contributed by atoms with Gasteiger partial charge in [-0.2, -0.15) is 8.42 Å². The Bertz CT molecular complexity index is 1330. The number of rotatable bonds is 7. The van der Waals surface area contributed by atoms with Crippen LogP contribution in [-0.4, -0.2) is 54.3 Å². The van der Waals surface area contributed by atoms with E-state index >= 15 is 0 Å². The molecule has 1 heterocycles. The van der Waals surface area contributed by atoms with E-state index in [1.807, 2.05) is 13.8 Å². The van der Waals surface area contributed by atoms with Crippen LogP contribution in [0.1, 0.15) is 53.8 Å². The van der Waals surface area contributed by atoms with Gasteiger partial charge in [0.25, 0.3) is 21.9 Å². The molecule has 0 radical (unpaired) electrons. The minimum absolute atomic E-state index is 0.0213. The zero-order valence-electron chi connectivity index (χ0n) is 18.9. The Morgan fingerprint density at radius 3 is 2.44 bits per heavy atom. The molecular formula is C24H25NO7S2. The van der Waals surface area contributed by atoms with Crippen LogP contribution in [-0.2, 0) is 19.2 Å². The zero-order chi connectivity index (χ0) is 24.5. The minimum atomic E-state index is -4.44. The van der Waals surface area contributed by atoms with Gasteiger partial charge in [0.15, 0.2) is 0 Å². The van der Waals surface area contributed by atoms with Gasteiger partial charge in [-0.25, -0.2) is 0 Å². The fourth-order valence-electron chi connectivity index (χ4n) is 5.95. The average molecular weight is 504 g/mol. The van der Waals surface area contributed by atoms with Gasteiger partial charge in [-0.05, 0) is 47.8 Å². The van der Waals surface area contributed by atoms with Crippen molar-refractivity contribution in [3.63, 3.8) is 0 Å². The summed E-state index contributed by atoms with van der Waals surface area (Å²) < 4.78 is 31.4. The number of imide groups is 1. The van der Waals surface area contributed by atoms with Crippen molar-refractivity contribution in [1.82, 2.24) is 5.06 Å². The molecule has 180 valence electrons. The summed E-state index contributed by atoms with van der Waals surface area (Å²) in [6.45, 7) is 3.80. The molecule has 2 unspecified atom stereocenters. The van der Waals surface area contributed by atoms with Gasteiger partial charge in [0, 0.05) is 22.5 Å². The Morgan fingerprint density at radius 1 is 1.12 bits per heavy atom. The van der Waals surface area contributed by atoms with Crippen molar-refractivity contribution < 1.29 is 32.2 Å². The molecule has 2 saturated carbocycles. The summed E-state index contributed by atoms with van der Waals surface area (Å²) in [5.74, 6) is -1.82. The van der Waals surface area contributed by atoms with Gasteiger partial charge in [0.2, 0.25) is 0 Å². The number of benzene rings is 2. The fraction of sp³-hybridized carbons (Fsp3) is 0.458. The average Bonchev–Trinajstić information content (AvgIpc) is 3.13. The third-order valence-electron chi connectivity index (χ3n) is 7.93. The van der Waals surface area contributed by atoms with Gasteiger partial charge >= 0.3 is 0 Å². The molecular weight excluding hydrogens is 478 g/mol. The number of aliphatic hydroxyl groups is 1. The van der Waals surface area contributed by atoms with Gasteiger partial charge < -0.3 is 5.11 Å². The number of nitrogens with zero attached hydrogens (tertiary/aromatic N) is 1. The summed E-state index contributed by atoms with van der Waals surface area (Å²) in [7, 11) is -4.44. The third-order valence-corrected chi connectivity index (χ3v) is 10.2. The van der Waals surface area contributed by atoms with E-state index < -0.39 is 38.5 Å². The minimum Gasteiger partial charge on any atom is -0.396 e. The lowest BCUT2D eigenvalue weighted by Crippen LogP contribution is -2.46. The van der Waals surface area contributed by atoms with Crippen LogP contribution in [0.2, 0.25) is 0 Å². The molecule has 8 nitrogen and oxygen atoms in total. The predicted molar refractivity (Wildman–Crippen MR) is 126 cm³/mol. The first-order valence-electron chi connectivity index (χ1n) is 11.2. The third kappa shape index (κ3) is 3.26. The normalized spacial score (nSPS) is 25.6. The molecule has 10 heteroatoms. The molecule has 2 bridgehead atoms. The van der Waals surface area contributed by atoms with Crippen LogP contribution in [0.25, 0.3) is 10.8 Å². The molecule has 2 aromatic carbocycles. The van der Waals surface area contributed by atoms with Gasteiger partial charge in [0.05, 0.1) is 28.9 Å². The van der Waals surface area contributed by atoms with Crippen molar-refractivity contribution in [3.8, 4) is 0 Å². The highest BCUT2D eigenvalue weighted by Gasteiger charge is 2.65. The van der Waals surface area contributed by atoms with Gasteiger partial charge in [0.1, 0.15) is 5.78 Å². The highest BCUT2D eigenvalue weighted by Crippen LogP contribution is 2.64. The van der Waals surface area contributed by atoms with Crippen LogP contribution in [0.5, 0.6) is 0 Å². The molecule has 1 aliphatic heterocycles. The van der Waals surface area contributed by atoms with E-state index in [1.165, 1.54) is 23.9 Å². The molecule has 3 aliphatic rings. The zero-order valence-corrected chi connectivity index (χ0v) is 20.5. The number of carbonyl (C=O) groups excluding carboxylic acids is 3. The van der Waals surface area contributed by atoms with E-state index in [0.29, 0.717) is 34.4 Å². The standard InChI is InChI=1S/C24H25NO7S2/c1-23(2)14-8-9-24(23,19(27)12-14)13-34(30,31)32-25-21(28)16-5-3-4-15-18(33-11-10-26)7-6-17(20(15)16)22(25)29/h3-7,14,26H,8-13H2,1-2H3. The molecule has 2 amide bonds. The predicted octanol–water partition coefficient (Wildman–Crippen LogP) is 3.18. The molecule has 2 fully saturated rings. The lowest BCUT2D eigenvalue weighted by atomic mass is 9.70. The smallest absolute Gasteiger partial charge is 0.289 e. The van der Waals surface area contributed by atoms with Crippen molar-refractivity contribution in [2.24, 2.45) is 16.7 Å². The molecule has 5 rings (SSSR count). The molecule has 0 saturated heterocycles. The lowest BCUT2D eigenvalue weighted by Gasteiger charge is -2.36. The van der Waals surface area contributed by atoms with Crippen LogP contribution in [0.3, 0.4) is 0 Å². The van der Waals surface area contributed by atoms with E-state index in [2.05, 4.69) is 0 Å². The Labute approximate surface area is 201 Å². The number of hydrogen-bond acceptors (Lipinski definition) is 8. The SMILES string of the molecule is CC1(C)C2CCC1(CS(=O)(=O)ON1C(=O)c3cccc4c(SCCO)ccc(c34)C1=O)C(=O)C2. The largest absolute Gasteiger partial charge is 0.396 e. The molecule has 2 aromatic rings. The van der Waals surface area contributed by atoms with Crippen LogP contribution in [0.4, 0.5) is 0 Å². The molecule has 2 atom stereocenters. The first-order chi connectivity index (χ1) is 16.0. The molecule has 0 spiro atoms. The maximum Gasteiger partial charge on any atom is 0.289 e. The monoisotopic (exact) mass is 503 g/mol. The number of hydrogen-bond donors (Lipinski definition) is 1. The number of carbonyl (C=O) groups is 3. The van der Waals surface area contributed by atoms with E-state index in [4.69, 9.17) is 9.39 Å². The number of Topliss-reactive ketones (excluding diaryl/α,β-unsaturated/α-hetero) is 1. The molecule has 34 heavy (non-hydrogen) atoms. The summed E-state index contributed by atoms with van der Waals surface area (Å²) in [6, 6.07) is 8.20. The maximum atomic E-state index is 13.2. The van der Waals surface area contributed by atoms with Gasteiger partial charge in [-0.15, -0.1) is 21.1 Å². The van der Waals surface area contributed by atoms with Crippen LogP contribution < -0.4 is 0 Å². The van der Waals surface area contributed by atoms with Crippen molar-refractivity contribution in [3.05, 3.63) is 41.5 Å². The lowest BCUT2D eigenvalue weighted by molar-refractivity contribution is -0.128. The number of hydroxylamine groups is 2. The van der Waals surface area contributed by atoms with E-state index in [0.717, 1.165) is 11.3 Å². The Morgan fingerprint density at radius 2 is 1.82 bits per heavy atom. The summed E-state index contributed by atoms with van der Waals surface area (Å²) in [6.07, 6.45) is 1.56. The second-order valence-electron chi connectivity index (χ2n) is 9.76. The summed E-state index contributed by atoms with van der Waals surface area (Å²) >= 11 is 1.39. The number of thioether (sulfide) groups is 1. The van der Waals surface area contributed by atoms with Gasteiger partial charge in [-0.1, -0.05) is 26.0 Å². The van der Waals surface area contributed by atoms with Crippen molar-refractivity contribution in [2.75, 3.05) is 18.1 Å². The van der Waals surface area contributed by atoms with Crippen LogP contribution in [0.15, 0.2) is 35.2 Å². The summed E-state index contributed by atoms with van der Waals surface area (Å²) in [5, 5.41) is 10.6. The first kappa shape index (κ1) is 23.5. The van der Waals surface area contributed by atoms with Gasteiger partial charge in [-0.3, -0.25) is 14.4 Å². The molecule has 0 aromatic heterocycles. The molecule has 1 N–H and O–H groups in total. The number of aliphatic hydroxyl groups excluding tert-OH is 1. The number of ketones is 1. The Balaban J connectivity index is 1.48.